The minimum absolute atomic E-state index is 0.143. The van der Waals surface area contributed by atoms with Crippen LogP contribution >= 0.6 is 0 Å². The first-order valence-corrected chi connectivity index (χ1v) is 20.5. The third-order valence-electron chi connectivity index (χ3n) is 7.71. The van der Waals surface area contributed by atoms with Gasteiger partial charge in [0, 0.05) is 19.3 Å². The van der Waals surface area contributed by atoms with E-state index in [1.54, 1.807) is 0 Å². The first kappa shape index (κ1) is 49.8. The molecule has 0 saturated carbocycles. The lowest BCUT2D eigenvalue weighted by Gasteiger charge is -2.18. The quantitative estimate of drug-likeness (QED) is 0.0282. The molecule has 0 saturated heterocycles. The Kier molecular flexibility index (Phi) is 38.3. The van der Waals surface area contributed by atoms with Gasteiger partial charge in [0.15, 0.2) is 6.10 Å². The molecule has 6 nitrogen and oxygen atoms in total. The van der Waals surface area contributed by atoms with Crippen LogP contribution in [0.25, 0.3) is 0 Å². The number of esters is 3. The molecule has 0 aliphatic rings. The zero-order valence-corrected chi connectivity index (χ0v) is 33.9. The largest absolute Gasteiger partial charge is 0.462 e. The lowest BCUT2D eigenvalue weighted by Crippen LogP contribution is -2.30. The Morgan fingerprint density at radius 2 is 0.704 bits per heavy atom. The van der Waals surface area contributed by atoms with E-state index in [9.17, 15) is 14.4 Å². The van der Waals surface area contributed by atoms with Gasteiger partial charge in [-0.05, 0) is 103 Å². The van der Waals surface area contributed by atoms with Crippen molar-refractivity contribution in [3.63, 3.8) is 0 Å². The topological polar surface area (TPSA) is 78.9 Å². The van der Waals surface area contributed by atoms with E-state index >= 15 is 0 Å². The Bertz CT molecular complexity index is 1220. The smallest absolute Gasteiger partial charge is 0.306 e. The molecule has 0 bridgehead atoms. The van der Waals surface area contributed by atoms with Crippen molar-refractivity contribution >= 4 is 17.9 Å². The highest BCUT2D eigenvalue weighted by molar-refractivity contribution is 5.71. The number of rotatable bonds is 34. The van der Waals surface area contributed by atoms with Gasteiger partial charge in [-0.15, -0.1) is 0 Å². The van der Waals surface area contributed by atoms with Crippen LogP contribution in [0.15, 0.2) is 122 Å². The fourth-order valence-corrected chi connectivity index (χ4v) is 4.72. The molecule has 0 aliphatic heterocycles. The molecular weight excluding hydrogens is 673 g/mol. The Morgan fingerprint density at radius 3 is 1.13 bits per heavy atom. The summed E-state index contributed by atoms with van der Waals surface area (Å²) < 4.78 is 16.5. The fraction of sp³-hybridized carbons (Fsp3) is 0.521. The molecule has 0 N–H and O–H groups in total. The molecule has 0 rings (SSSR count). The van der Waals surface area contributed by atoms with Crippen molar-refractivity contribution in [1.29, 1.82) is 0 Å². The number of hydrogen-bond acceptors (Lipinski definition) is 6. The van der Waals surface area contributed by atoms with Crippen molar-refractivity contribution < 1.29 is 28.6 Å². The van der Waals surface area contributed by atoms with Crippen LogP contribution < -0.4 is 0 Å². The number of allylic oxidation sites excluding steroid dienone is 20. The van der Waals surface area contributed by atoms with E-state index < -0.39 is 12.1 Å². The van der Waals surface area contributed by atoms with Crippen molar-refractivity contribution in [1.82, 2.24) is 0 Å². The standard InChI is InChI=1S/C48H72O6/c1-4-7-10-13-16-19-21-22-23-24-25-27-29-32-35-38-41-47(50)53-44-45(43-52-46(49)40-37-34-31-28-18-15-12-9-6-3)54-48(51)42-39-36-33-30-26-20-17-14-11-8-5-2/h7-12,16-20,22-23,25,27-28,30,32-33,35,45H,4-6,13-15,21,24,26,29,31,34,36-44H2,1-3H3/b10-7-,11-8-,12-9-,19-16-,20-17-,23-22-,27-25-,28-18-,33-30-,35-32-. The third-order valence-corrected chi connectivity index (χ3v) is 7.71. The van der Waals surface area contributed by atoms with E-state index in [2.05, 4.69) is 130 Å². The van der Waals surface area contributed by atoms with Gasteiger partial charge in [-0.3, -0.25) is 14.4 Å². The summed E-state index contributed by atoms with van der Waals surface area (Å²) in [5.74, 6) is -1.14. The summed E-state index contributed by atoms with van der Waals surface area (Å²) in [6.07, 6.45) is 56.5. The summed E-state index contributed by atoms with van der Waals surface area (Å²) in [5, 5.41) is 0. The van der Waals surface area contributed by atoms with Crippen LogP contribution in [0.4, 0.5) is 0 Å². The van der Waals surface area contributed by atoms with Gasteiger partial charge >= 0.3 is 17.9 Å². The fourth-order valence-electron chi connectivity index (χ4n) is 4.72. The van der Waals surface area contributed by atoms with E-state index in [0.717, 1.165) is 83.5 Å². The summed E-state index contributed by atoms with van der Waals surface area (Å²) in [6, 6.07) is 0. The number of carbonyl (C=O) groups excluding carboxylic acids is 3. The molecule has 0 heterocycles. The number of carbonyl (C=O) groups is 3. The molecule has 0 radical (unpaired) electrons. The summed E-state index contributed by atoms with van der Waals surface area (Å²) in [7, 11) is 0. The van der Waals surface area contributed by atoms with Crippen LogP contribution in [0.2, 0.25) is 0 Å². The van der Waals surface area contributed by atoms with E-state index in [4.69, 9.17) is 14.2 Å². The van der Waals surface area contributed by atoms with Gasteiger partial charge in [0.1, 0.15) is 13.2 Å². The van der Waals surface area contributed by atoms with Gasteiger partial charge < -0.3 is 14.2 Å². The van der Waals surface area contributed by atoms with Gasteiger partial charge in [0.2, 0.25) is 0 Å². The number of ether oxygens (including phenoxy) is 3. The second-order valence-electron chi connectivity index (χ2n) is 12.7. The van der Waals surface area contributed by atoms with Gasteiger partial charge in [-0.25, -0.2) is 0 Å². The van der Waals surface area contributed by atoms with Crippen LogP contribution in [0, 0.1) is 0 Å². The van der Waals surface area contributed by atoms with Crippen molar-refractivity contribution in [2.24, 2.45) is 0 Å². The van der Waals surface area contributed by atoms with Crippen molar-refractivity contribution in [2.45, 2.75) is 149 Å². The molecular formula is C48H72O6. The summed E-state index contributed by atoms with van der Waals surface area (Å²) in [5.41, 5.74) is 0. The molecule has 6 heteroatoms. The Morgan fingerprint density at radius 1 is 0.370 bits per heavy atom. The maximum atomic E-state index is 12.6. The zero-order chi connectivity index (χ0) is 39.4. The summed E-state index contributed by atoms with van der Waals surface area (Å²) >= 11 is 0. The monoisotopic (exact) mass is 745 g/mol. The Balaban J connectivity index is 4.61. The normalized spacial score (nSPS) is 13.3. The average Bonchev–Trinajstić information content (AvgIpc) is 3.17. The molecule has 300 valence electrons. The molecule has 0 spiro atoms. The molecule has 0 aliphatic carbocycles. The second kappa shape index (κ2) is 41.6. The van der Waals surface area contributed by atoms with Gasteiger partial charge in [-0.2, -0.15) is 0 Å². The van der Waals surface area contributed by atoms with Crippen molar-refractivity contribution in [2.75, 3.05) is 13.2 Å². The van der Waals surface area contributed by atoms with Crippen LogP contribution in [-0.4, -0.2) is 37.2 Å². The highest BCUT2D eigenvalue weighted by Crippen LogP contribution is 2.08. The molecule has 0 aromatic carbocycles. The van der Waals surface area contributed by atoms with Gasteiger partial charge in [0.05, 0.1) is 0 Å². The van der Waals surface area contributed by atoms with Crippen molar-refractivity contribution in [3.05, 3.63) is 122 Å². The maximum absolute atomic E-state index is 12.6. The Hall–Kier alpha value is -4.19. The minimum atomic E-state index is -0.847. The zero-order valence-electron chi connectivity index (χ0n) is 33.9. The maximum Gasteiger partial charge on any atom is 0.306 e. The van der Waals surface area contributed by atoms with Crippen molar-refractivity contribution in [3.8, 4) is 0 Å². The van der Waals surface area contributed by atoms with E-state index in [0.29, 0.717) is 19.3 Å². The number of hydrogen-bond donors (Lipinski definition) is 0. The SMILES string of the molecule is CC/C=C\C/C=C\C/C=C\C/C=C\C/C=C\CCC(=O)OCC(COC(=O)CCCC/C=C\C/C=C\CC)OC(=O)CCC/C=C\C/C=C\C/C=C\CC. The van der Waals surface area contributed by atoms with E-state index in [1.807, 2.05) is 12.2 Å². The van der Waals surface area contributed by atoms with E-state index in [1.165, 1.54) is 0 Å². The highest BCUT2D eigenvalue weighted by atomic mass is 16.6. The van der Waals surface area contributed by atoms with Gasteiger partial charge in [-0.1, -0.05) is 142 Å². The first-order chi connectivity index (χ1) is 26.5. The molecule has 1 unspecified atom stereocenters. The lowest BCUT2D eigenvalue weighted by molar-refractivity contribution is -0.166. The van der Waals surface area contributed by atoms with Crippen LogP contribution in [0.1, 0.15) is 143 Å². The molecule has 0 aromatic rings. The summed E-state index contributed by atoms with van der Waals surface area (Å²) in [6.45, 7) is 6.08. The first-order valence-electron chi connectivity index (χ1n) is 20.5. The number of unbranched alkanes of at least 4 members (excludes halogenated alkanes) is 3. The molecule has 0 aromatic heterocycles. The lowest BCUT2D eigenvalue weighted by atomic mass is 10.2. The average molecular weight is 745 g/mol. The van der Waals surface area contributed by atoms with E-state index in [-0.39, 0.29) is 44.4 Å². The predicted octanol–water partition coefficient (Wildman–Crippen LogP) is 13.0. The predicted molar refractivity (Wildman–Crippen MR) is 228 cm³/mol. The Labute approximate surface area is 329 Å². The minimum Gasteiger partial charge on any atom is -0.462 e. The summed E-state index contributed by atoms with van der Waals surface area (Å²) in [4.78, 5) is 37.5. The highest BCUT2D eigenvalue weighted by Gasteiger charge is 2.19. The molecule has 1 atom stereocenters. The second-order valence-corrected chi connectivity index (χ2v) is 12.7. The molecule has 54 heavy (non-hydrogen) atoms. The molecule has 0 amide bonds. The van der Waals surface area contributed by atoms with Crippen LogP contribution in [0.3, 0.4) is 0 Å². The van der Waals surface area contributed by atoms with Crippen LogP contribution in [-0.2, 0) is 28.6 Å². The molecule has 0 fully saturated rings. The van der Waals surface area contributed by atoms with Gasteiger partial charge in [0.25, 0.3) is 0 Å². The third kappa shape index (κ3) is 39.0. The van der Waals surface area contributed by atoms with Crippen LogP contribution in [0.5, 0.6) is 0 Å².